The minimum absolute atomic E-state index is 0.0447. The number of guanidine groups is 1. The van der Waals surface area contributed by atoms with Crippen LogP contribution in [0.25, 0.3) is 0 Å². The van der Waals surface area contributed by atoms with Crippen LogP contribution in [0, 0.1) is 0 Å². The molecule has 0 bridgehead atoms. The molecule has 1 N–H and O–H groups in total. The first-order chi connectivity index (χ1) is 9.17. The number of ether oxygens (including phenoxy) is 2. The monoisotopic (exact) mass is 263 g/mol. The Morgan fingerprint density at radius 2 is 2.16 bits per heavy atom. The predicted molar refractivity (Wildman–Crippen MR) is 71.3 cm³/mol. The Bertz CT molecular complexity index is 502. The number of benzene rings is 1. The van der Waals surface area contributed by atoms with E-state index in [4.69, 9.17) is 4.74 Å². The highest BCUT2D eigenvalue weighted by Crippen LogP contribution is 2.31. The molecule has 1 aliphatic heterocycles. The van der Waals surface area contributed by atoms with Crippen molar-refractivity contribution < 1.29 is 14.3 Å². The standard InChI is InChI=1S/C13H17N3O3/c1-16-10(8-14-12(16)15-13(17)19-3)9-6-4-5-7-11(9)18-2/h4-7,10H,8H2,1-3H3,(H,14,15,17). The van der Waals surface area contributed by atoms with Gasteiger partial charge in [0.1, 0.15) is 5.75 Å². The number of aliphatic imine (C=N–C) groups is 1. The molecule has 0 saturated carbocycles. The van der Waals surface area contributed by atoms with Crippen LogP contribution in [0.1, 0.15) is 11.6 Å². The van der Waals surface area contributed by atoms with Crippen molar-refractivity contribution in [1.29, 1.82) is 0 Å². The van der Waals surface area contributed by atoms with Gasteiger partial charge >= 0.3 is 6.09 Å². The van der Waals surface area contributed by atoms with Crippen molar-refractivity contribution in [3.8, 4) is 5.75 Å². The fourth-order valence-electron chi connectivity index (χ4n) is 2.07. The molecule has 1 unspecified atom stereocenters. The quantitative estimate of drug-likeness (QED) is 0.876. The smallest absolute Gasteiger partial charge is 0.413 e. The lowest BCUT2D eigenvalue weighted by Crippen LogP contribution is -2.40. The lowest BCUT2D eigenvalue weighted by Gasteiger charge is -2.24. The van der Waals surface area contributed by atoms with E-state index in [1.807, 2.05) is 36.2 Å². The van der Waals surface area contributed by atoms with E-state index in [2.05, 4.69) is 15.0 Å². The normalized spacial score (nSPS) is 17.9. The largest absolute Gasteiger partial charge is 0.496 e. The van der Waals surface area contributed by atoms with E-state index in [-0.39, 0.29) is 6.04 Å². The van der Waals surface area contributed by atoms with E-state index in [0.29, 0.717) is 12.5 Å². The fraction of sp³-hybridized carbons (Fsp3) is 0.385. The first-order valence-electron chi connectivity index (χ1n) is 5.92. The van der Waals surface area contributed by atoms with Gasteiger partial charge in [0.05, 0.1) is 26.8 Å². The van der Waals surface area contributed by atoms with Crippen molar-refractivity contribution in [1.82, 2.24) is 10.2 Å². The maximum atomic E-state index is 11.2. The number of hydrogen-bond donors (Lipinski definition) is 1. The van der Waals surface area contributed by atoms with Gasteiger partial charge in [-0.1, -0.05) is 18.2 Å². The van der Waals surface area contributed by atoms with E-state index in [9.17, 15) is 4.79 Å². The zero-order chi connectivity index (χ0) is 13.8. The molecule has 19 heavy (non-hydrogen) atoms. The van der Waals surface area contributed by atoms with Crippen LogP contribution >= 0.6 is 0 Å². The van der Waals surface area contributed by atoms with Gasteiger partial charge in [-0.05, 0) is 6.07 Å². The Hall–Kier alpha value is -2.24. The van der Waals surface area contributed by atoms with Gasteiger partial charge in [0.15, 0.2) is 0 Å². The second-order valence-electron chi connectivity index (χ2n) is 4.15. The fourth-order valence-corrected chi connectivity index (χ4v) is 2.07. The number of carbonyl (C=O) groups is 1. The van der Waals surface area contributed by atoms with Gasteiger partial charge in [0.2, 0.25) is 5.96 Å². The summed E-state index contributed by atoms with van der Waals surface area (Å²) in [4.78, 5) is 17.4. The van der Waals surface area contributed by atoms with Crippen LogP contribution in [0.2, 0.25) is 0 Å². The molecule has 1 aromatic rings. The summed E-state index contributed by atoms with van der Waals surface area (Å²) in [5.74, 6) is 1.32. The summed E-state index contributed by atoms with van der Waals surface area (Å²) in [6.45, 7) is 0.566. The molecule has 1 aliphatic rings. The average Bonchev–Trinajstić information content (AvgIpc) is 2.80. The Morgan fingerprint density at radius 1 is 1.42 bits per heavy atom. The lowest BCUT2D eigenvalue weighted by atomic mass is 10.1. The summed E-state index contributed by atoms with van der Waals surface area (Å²) in [5.41, 5.74) is 1.04. The number of alkyl carbamates (subject to hydrolysis) is 1. The highest BCUT2D eigenvalue weighted by molar-refractivity contribution is 5.94. The number of para-hydroxylation sites is 1. The van der Waals surface area contributed by atoms with E-state index >= 15 is 0 Å². The Balaban J connectivity index is 2.15. The molecule has 1 aromatic carbocycles. The summed E-state index contributed by atoms with van der Waals surface area (Å²) in [6, 6.07) is 7.83. The van der Waals surface area contributed by atoms with Crippen LogP contribution in [-0.2, 0) is 4.74 Å². The second-order valence-corrected chi connectivity index (χ2v) is 4.15. The van der Waals surface area contributed by atoms with E-state index in [1.54, 1.807) is 7.11 Å². The number of nitrogens with one attached hydrogen (secondary N) is 1. The van der Waals surface area contributed by atoms with Crippen LogP contribution in [0.4, 0.5) is 4.79 Å². The van der Waals surface area contributed by atoms with Crippen molar-refractivity contribution in [2.75, 3.05) is 27.8 Å². The molecule has 102 valence electrons. The number of hydrogen-bond acceptors (Lipinski definition) is 5. The predicted octanol–water partition coefficient (Wildman–Crippen LogP) is 1.39. The summed E-state index contributed by atoms with van der Waals surface area (Å²) in [6.07, 6.45) is -0.522. The third kappa shape index (κ3) is 2.62. The Morgan fingerprint density at radius 3 is 2.84 bits per heavy atom. The second kappa shape index (κ2) is 5.60. The number of methoxy groups -OCH3 is 2. The van der Waals surface area contributed by atoms with Gasteiger partial charge in [-0.15, -0.1) is 0 Å². The Labute approximate surface area is 112 Å². The third-order valence-electron chi connectivity index (χ3n) is 3.11. The zero-order valence-corrected chi connectivity index (χ0v) is 11.2. The highest BCUT2D eigenvalue weighted by atomic mass is 16.5. The van der Waals surface area contributed by atoms with Crippen LogP contribution in [0.15, 0.2) is 29.3 Å². The molecule has 0 saturated heterocycles. The van der Waals surface area contributed by atoms with Crippen molar-refractivity contribution in [3.05, 3.63) is 29.8 Å². The number of amides is 1. The average molecular weight is 263 g/mol. The van der Waals surface area contributed by atoms with Gasteiger partial charge in [-0.3, -0.25) is 10.3 Å². The van der Waals surface area contributed by atoms with Gasteiger partial charge in [0.25, 0.3) is 0 Å². The number of rotatable bonds is 2. The molecule has 0 aliphatic carbocycles. The van der Waals surface area contributed by atoms with Gasteiger partial charge in [0, 0.05) is 12.6 Å². The summed E-state index contributed by atoms with van der Waals surface area (Å²) in [5, 5.41) is 2.59. The number of likely N-dealkylation sites (N-methyl/N-ethyl adjacent to an activating group) is 1. The summed E-state index contributed by atoms with van der Waals surface area (Å²) in [7, 11) is 4.84. The van der Waals surface area contributed by atoms with Crippen LogP contribution < -0.4 is 10.1 Å². The summed E-state index contributed by atoms with van der Waals surface area (Å²) < 4.78 is 9.92. The molecule has 1 amide bonds. The molecule has 0 spiro atoms. The topological polar surface area (TPSA) is 63.2 Å². The molecule has 1 heterocycles. The molecule has 2 rings (SSSR count). The minimum atomic E-state index is -0.522. The van der Waals surface area contributed by atoms with Crippen LogP contribution in [-0.4, -0.2) is 44.8 Å². The molecule has 1 atom stereocenters. The molecule has 6 heteroatoms. The van der Waals surface area contributed by atoms with Crippen molar-refractivity contribution >= 4 is 12.1 Å². The van der Waals surface area contributed by atoms with Gasteiger partial charge in [-0.25, -0.2) is 4.79 Å². The molecular weight excluding hydrogens is 246 g/mol. The number of nitrogens with zero attached hydrogens (tertiary/aromatic N) is 2. The first-order valence-corrected chi connectivity index (χ1v) is 5.92. The molecule has 0 fully saturated rings. The van der Waals surface area contributed by atoms with Crippen molar-refractivity contribution in [3.63, 3.8) is 0 Å². The van der Waals surface area contributed by atoms with E-state index in [1.165, 1.54) is 7.11 Å². The van der Waals surface area contributed by atoms with Crippen molar-refractivity contribution in [2.24, 2.45) is 4.99 Å². The van der Waals surface area contributed by atoms with Gasteiger partial charge < -0.3 is 14.4 Å². The minimum Gasteiger partial charge on any atom is -0.496 e. The SMILES string of the molecule is COC(=O)NC1=NCC(c2ccccc2OC)N1C. The lowest BCUT2D eigenvalue weighted by molar-refractivity contribution is 0.175. The highest BCUT2D eigenvalue weighted by Gasteiger charge is 2.29. The molecular formula is C13H17N3O3. The van der Waals surface area contributed by atoms with Crippen LogP contribution in [0.3, 0.4) is 0 Å². The zero-order valence-electron chi connectivity index (χ0n) is 11.2. The summed E-state index contributed by atoms with van der Waals surface area (Å²) >= 11 is 0. The maximum Gasteiger partial charge on any atom is 0.413 e. The Kier molecular flexibility index (Phi) is 3.89. The van der Waals surface area contributed by atoms with E-state index < -0.39 is 6.09 Å². The molecule has 0 radical (unpaired) electrons. The number of carbonyl (C=O) groups excluding carboxylic acids is 1. The van der Waals surface area contributed by atoms with E-state index in [0.717, 1.165) is 11.3 Å². The molecule has 6 nitrogen and oxygen atoms in total. The third-order valence-corrected chi connectivity index (χ3v) is 3.11. The first kappa shape index (κ1) is 13.2. The molecule has 0 aromatic heterocycles. The van der Waals surface area contributed by atoms with Crippen LogP contribution in [0.5, 0.6) is 5.75 Å². The maximum absolute atomic E-state index is 11.2. The van der Waals surface area contributed by atoms with Crippen molar-refractivity contribution in [2.45, 2.75) is 6.04 Å². The van der Waals surface area contributed by atoms with Gasteiger partial charge in [-0.2, -0.15) is 0 Å².